The average molecular weight is 1010 g/mol. The number of hydrogen-bond acceptors (Lipinski definition) is 14. The summed E-state index contributed by atoms with van der Waals surface area (Å²) < 4.78 is 97.1. The summed E-state index contributed by atoms with van der Waals surface area (Å²) >= 11 is 23.9. The van der Waals surface area contributed by atoms with Gasteiger partial charge in [0.2, 0.25) is 11.8 Å². The van der Waals surface area contributed by atoms with E-state index in [-0.39, 0.29) is 60.4 Å². The fourth-order valence-electron chi connectivity index (χ4n) is 4.29. The molecule has 3 aromatic carbocycles. The lowest BCUT2D eigenvalue weighted by Crippen LogP contribution is -2.23. The van der Waals surface area contributed by atoms with Crippen LogP contribution in [0.2, 0.25) is 20.1 Å². The number of anilines is 1. The van der Waals surface area contributed by atoms with Crippen molar-refractivity contribution < 1.29 is 79.5 Å². The second-order valence-corrected chi connectivity index (χ2v) is 16.8. The van der Waals surface area contributed by atoms with Crippen molar-refractivity contribution in [3.63, 3.8) is 0 Å². The van der Waals surface area contributed by atoms with Crippen LogP contribution >= 0.6 is 54.0 Å². The number of aryl methyl sites for hydroxylation is 1. The van der Waals surface area contributed by atoms with Crippen molar-refractivity contribution in [2.24, 2.45) is 0 Å². The van der Waals surface area contributed by atoms with Crippen LogP contribution in [0, 0.1) is 6.92 Å². The molecule has 2 heterocycles. The van der Waals surface area contributed by atoms with E-state index in [9.17, 15) is 40.5 Å². The molecule has 5 rings (SSSR count). The molecule has 0 aliphatic heterocycles. The number of rotatable bonds is 14. The summed E-state index contributed by atoms with van der Waals surface area (Å²) in [5.41, 5.74) is -0.414. The predicted molar refractivity (Wildman–Crippen MR) is 219 cm³/mol. The average Bonchev–Trinajstić information content (AvgIpc) is 3.64. The molecule has 6 N–H and O–H groups in total. The number of nitrogens with one attached hydrogen (secondary N) is 2. The fraction of sp³-hybridized carbons (Fsp3) is 0.235. The zero-order valence-electron chi connectivity index (χ0n) is 32.3. The normalized spacial score (nSPS) is 11.9. The lowest BCUT2D eigenvalue weighted by Gasteiger charge is -2.13. The van der Waals surface area contributed by atoms with Crippen molar-refractivity contribution in [2.75, 3.05) is 31.8 Å². The Morgan fingerprint density at radius 1 is 0.921 bits per heavy atom. The first-order valence-corrected chi connectivity index (χ1v) is 21.5. The van der Waals surface area contributed by atoms with E-state index in [1.165, 1.54) is 38.5 Å². The van der Waals surface area contributed by atoms with Gasteiger partial charge >= 0.3 is 31.7 Å². The Balaban J connectivity index is 0.000000277. The van der Waals surface area contributed by atoms with Crippen molar-refractivity contribution in [1.82, 2.24) is 24.9 Å². The lowest BCUT2D eigenvalue weighted by atomic mass is 10.2. The van der Waals surface area contributed by atoms with E-state index < -0.39 is 71.4 Å². The number of alkyl halides is 3. The number of aliphatic carboxylic acids is 2. The van der Waals surface area contributed by atoms with Crippen molar-refractivity contribution >= 4 is 93.4 Å². The molecule has 0 saturated heterocycles. The number of carboxylic acid groups (broad SMARTS) is 2. The van der Waals surface area contributed by atoms with Gasteiger partial charge in [0.15, 0.2) is 6.10 Å². The second-order valence-electron chi connectivity index (χ2n) is 12.0. The Morgan fingerprint density at radius 2 is 1.57 bits per heavy atom. The summed E-state index contributed by atoms with van der Waals surface area (Å²) in [6.45, 7) is 2.45. The number of nitrogens with zero attached hydrogens (tertiary/aromatic N) is 4. The Hall–Kier alpha value is -5.17. The SMILES string of the molecule is COc1cc(OC)n2nc(S(=O)(=O)Nc3c(Cl)ccc(C)c3Cl)nc2n1.C[C@H](OC(=O)c1cc(Oc2ccc(C(F)(F)F)cc2Cl)ccc1Cl)C(=O)O.O=C(O)CNCP(=O)(O)O. The van der Waals surface area contributed by atoms with Crippen LogP contribution in [-0.4, -0.2) is 99.1 Å². The smallest absolute Gasteiger partial charge is 0.416 e. The van der Waals surface area contributed by atoms with Gasteiger partial charge in [-0.15, -0.1) is 5.10 Å². The largest absolute Gasteiger partial charge is 0.481 e. The number of carbonyl (C=O) groups is 3. The molecule has 5 aromatic rings. The molecule has 0 bridgehead atoms. The van der Waals surface area contributed by atoms with E-state index in [0.29, 0.717) is 11.6 Å². The van der Waals surface area contributed by atoms with Crippen molar-refractivity contribution in [3.8, 4) is 23.3 Å². The Morgan fingerprint density at radius 3 is 2.13 bits per heavy atom. The maximum atomic E-state index is 12.7. The van der Waals surface area contributed by atoms with Gasteiger partial charge < -0.3 is 38.9 Å². The maximum absolute atomic E-state index is 12.7. The van der Waals surface area contributed by atoms with Gasteiger partial charge in [-0.2, -0.15) is 36.1 Å². The Kier molecular flexibility index (Phi) is 18.2. The molecule has 1 atom stereocenters. The number of hydrogen-bond donors (Lipinski definition) is 6. The fourth-order valence-corrected chi connectivity index (χ4v) is 6.65. The third kappa shape index (κ3) is 15.3. The van der Waals surface area contributed by atoms with E-state index >= 15 is 0 Å². The highest BCUT2D eigenvalue weighted by Gasteiger charge is 2.31. The van der Waals surface area contributed by atoms with E-state index in [0.717, 1.165) is 29.6 Å². The van der Waals surface area contributed by atoms with Crippen molar-refractivity contribution in [1.29, 1.82) is 0 Å². The van der Waals surface area contributed by atoms with Crippen molar-refractivity contribution in [3.05, 3.63) is 91.4 Å². The van der Waals surface area contributed by atoms with Crippen LogP contribution in [-0.2, 0) is 35.1 Å². The lowest BCUT2D eigenvalue weighted by molar-refractivity contribution is -0.146. The molecule has 2 aromatic heterocycles. The molecule has 0 radical (unpaired) electrons. The minimum absolute atomic E-state index is 0.0111. The summed E-state index contributed by atoms with van der Waals surface area (Å²) in [5.74, 6) is -3.14. The van der Waals surface area contributed by atoms with Crippen LogP contribution < -0.4 is 24.2 Å². The van der Waals surface area contributed by atoms with Crippen LogP contribution in [0.4, 0.5) is 18.9 Å². The number of carboxylic acids is 2. The first-order chi connectivity index (χ1) is 29.2. The van der Waals surface area contributed by atoms with E-state index in [1.807, 2.05) is 0 Å². The van der Waals surface area contributed by atoms with Gasteiger partial charge in [-0.3, -0.25) is 19.4 Å². The van der Waals surface area contributed by atoms with E-state index in [2.05, 4.69) is 25.1 Å². The van der Waals surface area contributed by atoms with Gasteiger partial charge in [0.25, 0.3) is 21.0 Å². The Bertz CT molecular complexity index is 2660. The molecule has 0 spiro atoms. The van der Waals surface area contributed by atoms with E-state index in [4.69, 9.17) is 85.4 Å². The van der Waals surface area contributed by atoms with Crippen LogP contribution in [0.15, 0.2) is 59.8 Å². The maximum Gasteiger partial charge on any atom is 0.416 e. The predicted octanol–water partition coefficient (Wildman–Crippen LogP) is 6.79. The zero-order valence-corrected chi connectivity index (χ0v) is 37.1. The molecule has 63 heavy (non-hydrogen) atoms. The van der Waals surface area contributed by atoms with Crippen molar-refractivity contribution in [2.45, 2.75) is 31.3 Å². The number of aromatic nitrogens is 4. The van der Waals surface area contributed by atoms with Crippen LogP contribution in [0.3, 0.4) is 0 Å². The third-order valence-electron chi connectivity index (χ3n) is 7.29. The molecule has 0 aliphatic carbocycles. The third-order valence-corrected chi connectivity index (χ3v) is 10.5. The summed E-state index contributed by atoms with van der Waals surface area (Å²) in [6.07, 6.45) is -6.55. The first kappa shape index (κ1) is 52.2. The molecule has 0 fully saturated rings. The van der Waals surface area contributed by atoms with Gasteiger partial charge in [0.1, 0.15) is 11.5 Å². The second kappa shape index (κ2) is 22.0. The van der Waals surface area contributed by atoms with Crippen LogP contribution in [0.1, 0.15) is 28.4 Å². The minimum Gasteiger partial charge on any atom is -0.481 e. The molecule has 342 valence electrons. The zero-order chi connectivity index (χ0) is 47.6. The number of sulfonamides is 1. The van der Waals surface area contributed by atoms with Gasteiger partial charge in [0, 0.05) is 0 Å². The monoisotopic (exact) mass is 1010 g/mol. The molecular formula is C34H32Cl4F3N6O14PS. The summed E-state index contributed by atoms with van der Waals surface area (Å²) in [7, 11) is -5.47. The van der Waals surface area contributed by atoms with Gasteiger partial charge in [-0.05, 0) is 61.9 Å². The standard InChI is InChI=1S/C17H11Cl2F3O5.C14H13Cl2N5O4S.C3H8NO5P/c1-8(15(23)24)26-16(25)11-7-10(3-4-12(11)18)27-14-5-2-9(6-13(14)19)17(20,21)22;1-7-4-5-8(15)12(11(7)16)20-26(22,23)14-18-13-17-9(24-2)6-10(25-3)21(13)19-14;5-3(6)1-4-2-10(7,8)9/h2-8H,1H3,(H,23,24);4-6,20H,1-3H3;4H,1-2H2,(H,5,6)(H2,7,8,9)/t8-;;/m0../s1. The molecule has 0 unspecified atom stereocenters. The van der Waals surface area contributed by atoms with Crippen LogP contribution in [0.5, 0.6) is 23.3 Å². The molecule has 0 amide bonds. The first-order valence-electron chi connectivity index (χ1n) is 16.8. The summed E-state index contributed by atoms with van der Waals surface area (Å²) in [6, 6.07) is 11.0. The van der Waals surface area contributed by atoms with Gasteiger partial charge in [-0.1, -0.05) is 52.5 Å². The van der Waals surface area contributed by atoms with Gasteiger partial charge in [0.05, 0.1) is 70.0 Å². The number of halogens is 7. The number of methoxy groups -OCH3 is 2. The topological polar surface area (TPSA) is 287 Å². The molecule has 20 nitrogen and oxygen atoms in total. The van der Waals surface area contributed by atoms with Crippen LogP contribution in [0.25, 0.3) is 5.78 Å². The highest BCUT2D eigenvalue weighted by molar-refractivity contribution is 7.92. The molecular weight excluding hydrogens is 978 g/mol. The molecule has 0 aliphatic rings. The van der Waals surface area contributed by atoms with Gasteiger partial charge in [-0.25, -0.2) is 9.59 Å². The molecule has 0 saturated carbocycles. The highest BCUT2D eigenvalue weighted by atomic mass is 35.5. The Labute approximate surface area is 374 Å². The summed E-state index contributed by atoms with van der Waals surface area (Å²) in [4.78, 5) is 56.9. The van der Waals surface area contributed by atoms with E-state index in [1.54, 1.807) is 13.0 Å². The quantitative estimate of drug-likeness (QED) is 0.0493. The highest BCUT2D eigenvalue weighted by Crippen LogP contribution is 2.38. The number of fused-ring (bicyclic) bond motifs is 1. The molecule has 29 heteroatoms. The number of esters is 1. The number of benzene rings is 3. The summed E-state index contributed by atoms with van der Waals surface area (Å²) in [5, 5.41) is 22.3. The minimum atomic E-state index is -4.56. The number of ether oxygens (including phenoxy) is 4. The number of carbonyl (C=O) groups excluding carboxylic acids is 1.